The highest BCUT2D eigenvalue weighted by Crippen LogP contribution is 2.19. The molecule has 176 valence electrons. The Labute approximate surface area is 194 Å². The van der Waals surface area contributed by atoms with E-state index in [2.05, 4.69) is 19.4 Å². The van der Waals surface area contributed by atoms with Crippen molar-refractivity contribution in [1.29, 1.82) is 0 Å². The van der Waals surface area contributed by atoms with Gasteiger partial charge in [0.05, 0.1) is 4.90 Å². The quantitative estimate of drug-likeness (QED) is 0.446. The molecule has 0 amide bonds. The van der Waals surface area contributed by atoms with E-state index in [-0.39, 0.29) is 28.8 Å². The molecule has 0 aliphatic heterocycles. The number of sulfonamides is 2. The number of hydrogen-bond acceptors (Lipinski definition) is 7. The van der Waals surface area contributed by atoms with Gasteiger partial charge in [0.1, 0.15) is 29.8 Å². The Hall–Kier alpha value is -3.18. The zero-order valence-electron chi connectivity index (χ0n) is 18.6. The summed E-state index contributed by atoms with van der Waals surface area (Å²) in [7, 11) is -7.58. The predicted molar refractivity (Wildman–Crippen MR) is 127 cm³/mol. The third kappa shape index (κ3) is 7.16. The zero-order valence-corrected chi connectivity index (χ0v) is 20.2. The highest BCUT2D eigenvalue weighted by atomic mass is 32.2. The van der Waals surface area contributed by atoms with Crippen LogP contribution in [0.2, 0.25) is 0 Å². The molecule has 9 nitrogen and oxygen atoms in total. The lowest BCUT2D eigenvalue weighted by Gasteiger charge is -2.11. The second-order valence-electron chi connectivity index (χ2n) is 7.34. The molecule has 3 rings (SSSR count). The molecule has 0 spiro atoms. The third-order valence-corrected chi connectivity index (χ3v) is 7.22. The van der Waals surface area contributed by atoms with E-state index in [0.29, 0.717) is 17.3 Å². The number of ether oxygens (including phenoxy) is 1. The minimum Gasteiger partial charge on any atom is -0.492 e. The Balaban J connectivity index is 1.59. The number of benzene rings is 2. The first-order chi connectivity index (χ1) is 15.6. The van der Waals surface area contributed by atoms with Crippen LogP contribution in [0.1, 0.15) is 24.0 Å². The zero-order chi connectivity index (χ0) is 24.1. The normalized spacial score (nSPS) is 11.7. The molecule has 33 heavy (non-hydrogen) atoms. The first kappa shape index (κ1) is 24.5. The van der Waals surface area contributed by atoms with Gasteiger partial charge in [-0.1, -0.05) is 19.1 Å². The molecule has 0 unspecified atom stereocenters. The van der Waals surface area contributed by atoms with Gasteiger partial charge in [0.2, 0.25) is 10.0 Å². The summed E-state index contributed by atoms with van der Waals surface area (Å²) in [5.41, 5.74) is 2.04. The summed E-state index contributed by atoms with van der Waals surface area (Å²) in [4.78, 5) is 8.14. The lowest BCUT2D eigenvalue weighted by molar-refractivity contribution is 0.341. The standard InChI is InChI=1S/C22H26N4O5S2/c1-4-18-5-9-20(10-6-18)31-13-14-32(27,28)25-19-7-11-21(12-8-19)33(29,30)26-22-15-16(2)23-17(3)24-22/h5-12,15,25H,4,13-14H2,1-3H3,(H,23,24,26). The van der Waals surface area contributed by atoms with Crippen LogP contribution in [0, 0.1) is 13.8 Å². The van der Waals surface area contributed by atoms with E-state index in [0.717, 1.165) is 6.42 Å². The van der Waals surface area contributed by atoms with Gasteiger partial charge in [-0.15, -0.1) is 0 Å². The number of rotatable bonds is 10. The van der Waals surface area contributed by atoms with Crippen LogP contribution in [0.5, 0.6) is 5.75 Å². The van der Waals surface area contributed by atoms with Crippen molar-refractivity contribution < 1.29 is 21.6 Å². The monoisotopic (exact) mass is 490 g/mol. The van der Waals surface area contributed by atoms with Crippen LogP contribution in [0.4, 0.5) is 11.5 Å². The lowest BCUT2D eigenvalue weighted by Crippen LogP contribution is -2.21. The van der Waals surface area contributed by atoms with Gasteiger partial charge in [-0.25, -0.2) is 26.8 Å². The molecule has 3 aromatic rings. The summed E-state index contributed by atoms with van der Waals surface area (Å²) in [5.74, 6) is 0.948. The van der Waals surface area contributed by atoms with E-state index in [1.165, 1.54) is 35.9 Å². The van der Waals surface area contributed by atoms with Crippen LogP contribution in [0.3, 0.4) is 0 Å². The minimum absolute atomic E-state index is 0.0189. The Morgan fingerprint density at radius 1 is 0.879 bits per heavy atom. The average molecular weight is 491 g/mol. The fourth-order valence-corrected chi connectivity index (χ4v) is 4.88. The van der Waals surface area contributed by atoms with Crippen molar-refractivity contribution in [3.8, 4) is 5.75 Å². The van der Waals surface area contributed by atoms with E-state index in [1.54, 1.807) is 26.0 Å². The van der Waals surface area contributed by atoms with E-state index in [1.807, 2.05) is 19.1 Å². The van der Waals surface area contributed by atoms with Gasteiger partial charge in [0.15, 0.2) is 0 Å². The molecule has 0 atom stereocenters. The van der Waals surface area contributed by atoms with E-state index in [4.69, 9.17) is 4.74 Å². The SMILES string of the molecule is CCc1ccc(OCCS(=O)(=O)Nc2ccc(S(=O)(=O)Nc3cc(C)nc(C)n3)cc2)cc1. The van der Waals surface area contributed by atoms with Gasteiger partial charge in [-0.2, -0.15) is 0 Å². The highest BCUT2D eigenvalue weighted by Gasteiger charge is 2.17. The van der Waals surface area contributed by atoms with Gasteiger partial charge < -0.3 is 4.74 Å². The van der Waals surface area contributed by atoms with Crippen molar-refractivity contribution in [2.45, 2.75) is 32.1 Å². The third-order valence-electron chi connectivity index (χ3n) is 4.60. The summed E-state index contributed by atoms with van der Waals surface area (Å²) in [6, 6.07) is 14.4. The highest BCUT2D eigenvalue weighted by molar-refractivity contribution is 7.93. The number of hydrogen-bond donors (Lipinski definition) is 2. The van der Waals surface area contributed by atoms with Crippen molar-refractivity contribution in [2.75, 3.05) is 21.8 Å². The maximum atomic E-state index is 12.6. The first-order valence-corrected chi connectivity index (χ1v) is 13.4. The Morgan fingerprint density at radius 3 is 2.15 bits per heavy atom. The van der Waals surface area contributed by atoms with Crippen LogP contribution in [0.25, 0.3) is 0 Å². The average Bonchev–Trinajstić information content (AvgIpc) is 2.73. The molecular weight excluding hydrogens is 464 g/mol. The summed E-state index contributed by atoms with van der Waals surface area (Å²) < 4.78 is 60.2. The van der Waals surface area contributed by atoms with Crippen molar-refractivity contribution in [3.63, 3.8) is 0 Å². The Kier molecular flexibility index (Phi) is 7.54. The fourth-order valence-electron chi connectivity index (χ4n) is 2.99. The van der Waals surface area contributed by atoms with Gasteiger partial charge in [0, 0.05) is 17.4 Å². The molecular formula is C22H26N4O5S2. The first-order valence-electron chi connectivity index (χ1n) is 10.2. The van der Waals surface area contributed by atoms with Gasteiger partial charge >= 0.3 is 0 Å². The molecule has 0 fully saturated rings. The van der Waals surface area contributed by atoms with E-state index >= 15 is 0 Å². The molecule has 0 saturated heterocycles. The number of anilines is 2. The van der Waals surface area contributed by atoms with Gasteiger partial charge in [-0.3, -0.25) is 9.44 Å². The molecule has 0 bridgehead atoms. The molecule has 2 N–H and O–H groups in total. The Bertz CT molecular complexity index is 1290. The molecule has 1 aromatic heterocycles. The second-order valence-corrected chi connectivity index (χ2v) is 10.9. The maximum Gasteiger partial charge on any atom is 0.263 e. The van der Waals surface area contributed by atoms with E-state index < -0.39 is 20.0 Å². The van der Waals surface area contributed by atoms with Crippen LogP contribution in [-0.4, -0.2) is 39.2 Å². The van der Waals surface area contributed by atoms with Gasteiger partial charge in [0.25, 0.3) is 10.0 Å². The molecule has 0 aliphatic carbocycles. The summed E-state index contributed by atoms with van der Waals surface area (Å²) in [5, 5.41) is 0. The van der Waals surface area contributed by atoms with Crippen LogP contribution < -0.4 is 14.2 Å². The van der Waals surface area contributed by atoms with Crippen molar-refractivity contribution in [2.24, 2.45) is 0 Å². The topological polar surface area (TPSA) is 127 Å². The van der Waals surface area contributed by atoms with Gasteiger partial charge in [-0.05, 0) is 62.2 Å². The maximum absolute atomic E-state index is 12.6. The largest absolute Gasteiger partial charge is 0.492 e. The fraction of sp³-hybridized carbons (Fsp3) is 0.273. The molecule has 11 heteroatoms. The van der Waals surface area contributed by atoms with Crippen molar-refractivity contribution >= 4 is 31.6 Å². The minimum atomic E-state index is -3.89. The van der Waals surface area contributed by atoms with Crippen molar-refractivity contribution in [3.05, 3.63) is 71.7 Å². The van der Waals surface area contributed by atoms with Crippen LogP contribution in [-0.2, 0) is 26.5 Å². The number of nitrogens with one attached hydrogen (secondary N) is 2. The number of aryl methyl sites for hydroxylation is 3. The predicted octanol–water partition coefficient (Wildman–Crippen LogP) is 3.28. The number of aromatic nitrogens is 2. The van der Waals surface area contributed by atoms with Crippen LogP contribution in [0.15, 0.2) is 59.5 Å². The molecule has 1 heterocycles. The Morgan fingerprint density at radius 2 is 1.55 bits per heavy atom. The molecule has 0 aliphatic rings. The summed E-state index contributed by atoms with van der Waals surface area (Å²) in [6.45, 7) is 5.43. The molecule has 0 saturated carbocycles. The molecule has 0 radical (unpaired) electrons. The lowest BCUT2D eigenvalue weighted by atomic mass is 10.2. The number of nitrogens with zero attached hydrogens (tertiary/aromatic N) is 2. The molecule has 2 aromatic carbocycles. The van der Waals surface area contributed by atoms with E-state index in [9.17, 15) is 16.8 Å². The van der Waals surface area contributed by atoms with Crippen molar-refractivity contribution in [1.82, 2.24) is 9.97 Å². The summed E-state index contributed by atoms with van der Waals surface area (Å²) >= 11 is 0. The summed E-state index contributed by atoms with van der Waals surface area (Å²) in [6.07, 6.45) is 0.911. The second kappa shape index (κ2) is 10.2. The smallest absolute Gasteiger partial charge is 0.263 e. The van der Waals surface area contributed by atoms with Crippen LogP contribution >= 0.6 is 0 Å².